The molecule has 0 unspecified atom stereocenters. The summed E-state index contributed by atoms with van der Waals surface area (Å²) in [6.07, 6.45) is 2.03. The normalized spacial score (nSPS) is 17.5. The first kappa shape index (κ1) is 18.9. The highest BCUT2D eigenvalue weighted by Crippen LogP contribution is 2.27. The number of sulfonamides is 1. The molecule has 0 bridgehead atoms. The predicted octanol–water partition coefficient (Wildman–Crippen LogP) is 1.41. The van der Waals surface area contributed by atoms with Crippen molar-refractivity contribution < 1.29 is 13.2 Å². The molecule has 0 radical (unpaired) electrons. The first-order chi connectivity index (χ1) is 11.3. The maximum Gasteiger partial charge on any atom is 0.251 e. The molecule has 24 heavy (non-hydrogen) atoms. The summed E-state index contributed by atoms with van der Waals surface area (Å²) in [6.45, 7) is 8.53. The third-order valence-electron chi connectivity index (χ3n) is 4.58. The molecule has 7 heteroatoms. The molecule has 3 N–H and O–H groups in total. The molecular weight excluding hydrogens is 326 g/mol. The number of carbonyl (C=O) groups is 1. The fourth-order valence-corrected chi connectivity index (χ4v) is 3.95. The van der Waals surface area contributed by atoms with Crippen LogP contribution in [0.3, 0.4) is 0 Å². The van der Waals surface area contributed by atoms with Crippen molar-refractivity contribution in [2.75, 3.05) is 26.2 Å². The first-order valence-electron chi connectivity index (χ1n) is 8.37. The highest BCUT2D eigenvalue weighted by molar-refractivity contribution is 7.89. The molecule has 1 fully saturated rings. The Morgan fingerprint density at radius 3 is 2.58 bits per heavy atom. The van der Waals surface area contributed by atoms with E-state index in [0.29, 0.717) is 18.7 Å². The molecule has 6 nitrogen and oxygen atoms in total. The Morgan fingerprint density at radius 1 is 1.29 bits per heavy atom. The number of amides is 1. The number of hydrogen-bond acceptors (Lipinski definition) is 4. The standard InChI is InChI=1S/C17H27N3O3S/c1-4-20-24(22,23)14-6-5-13(2)15(11-14)16(21)19-12-17(3)7-9-18-10-8-17/h5-6,11,18,20H,4,7-10,12H2,1-3H3,(H,19,21). The minimum Gasteiger partial charge on any atom is -0.351 e. The third kappa shape index (κ3) is 4.55. The number of benzene rings is 1. The van der Waals surface area contributed by atoms with Gasteiger partial charge in [0.2, 0.25) is 10.0 Å². The Morgan fingerprint density at radius 2 is 1.96 bits per heavy atom. The Balaban J connectivity index is 2.14. The average molecular weight is 353 g/mol. The van der Waals surface area contributed by atoms with Gasteiger partial charge in [-0.25, -0.2) is 13.1 Å². The third-order valence-corrected chi connectivity index (χ3v) is 6.13. The van der Waals surface area contributed by atoms with Crippen molar-refractivity contribution in [3.63, 3.8) is 0 Å². The highest BCUT2D eigenvalue weighted by atomic mass is 32.2. The fraction of sp³-hybridized carbons (Fsp3) is 0.588. The molecule has 0 aromatic heterocycles. The van der Waals surface area contributed by atoms with Gasteiger partial charge in [-0.1, -0.05) is 19.9 Å². The maximum atomic E-state index is 12.5. The van der Waals surface area contributed by atoms with E-state index in [1.165, 1.54) is 12.1 Å². The van der Waals surface area contributed by atoms with Crippen LogP contribution in [0.25, 0.3) is 0 Å². The summed E-state index contributed by atoms with van der Waals surface area (Å²) in [4.78, 5) is 12.7. The van der Waals surface area contributed by atoms with Crippen LogP contribution in [-0.4, -0.2) is 40.5 Å². The summed E-state index contributed by atoms with van der Waals surface area (Å²) in [5, 5.41) is 6.30. The van der Waals surface area contributed by atoms with Crippen LogP contribution in [-0.2, 0) is 10.0 Å². The minimum absolute atomic E-state index is 0.0856. The van der Waals surface area contributed by atoms with Gasteiger partial charge in [0.1, 0.15) is 0 Å². The molecule has 0 saturated carbocycles. The van der Waals surface area contributed by atoms with E-state index in [2.05, 4.69) is 22.3 Å². The SMILES string of the molecule is CCNS(=O)(=O)c1ccc(C)c(C(=O)NCC2(C)CCNCC2)c1. The van der Waals surface area contributed by atoms with Crippen molar-refractivity contribution >= 4 is 15.9 Å². The van der Waals surface area contributed by atoms with Gasteiger partial charge in [-0.2, -0.15) is 0 Å². The number of rotatable bonds is 6. The Bertz CT molecular complexity index is 695. The molecule has 0 aliphatic carbocycles. The molecule has 134 valence electrons. The van der Waals surface area contributed by atoms with Gasteiger partial charge in [-0.3, -0.25) is 4.79 Å². The summed E-state index contributed by atoms with van der Waals surface area (Å²) in [5.74, 6) is -0.221. The molecule has 0 atom stereocenters. The first-order valence-corrected chi connectivity index (χ1v) is 9.85. The quantitative estimate of drug-likeness (QED) is 0.722. The van der Waals surface area contributed by atoms with E-state index in [4.69, 9.17) is 0 Å². The fourth-order valence-electron chi connectivity index (χ4n) is 2.88. The van der Waals surface area contributed by atoms with Crippen LogP contribution in [0.15, 0.2) is 23.1 Å². The second-order valence-corrected chi connectivity index (χ2v) is 8.49. The van der Waals surface area contributed by atoms with Crippen LogP contribution in [0, 0.1) is 12.3 Å². The summed E-state index contributed by atoms with van der Waals surface area (Å²) in [5.41, 5.74) is 1.26. The van der Waals surface area contributed by atoms with E-state index in [0.717, 1.165) is 31.5 Å². The number of aryl methyl sites for hydroxylation is 1. The second kappa shape index (κ2) is 7.63. The average Bonchev–Trinajstić information content (AvgIpc) is 2.53. The number of piperidine rings is 1. The molecule has 0 spiro atoms. The number of nitrogens with one attached hydrogen (secondary N) is 3. The lowest BCUT2D eigenvalue weighted by atomic mass is 9.81. The van der Waals surface area contributed by atoms with Gasteiger partial charge >= 0.3 is 0 Å². The van der Waals surface area contributed by atoms with E-state index in [1.54, 1.807) is 13.0 Å². The molecule has 1 aromatic carbocycles. The Hall–Kier alpha value is -1.44. The van der Waals surface area contributed by atoms with Crippen LogP contribution in [0.5, 0.6) is 0 Å². The number of carbonyl (C=O) groups excluding carboxylic acids is 1. The smallest absolute Gasteiger partial charge is 0.251 e. The van der Waals surface area contributed by atoms with Gasteiger partial charge < -0.3 is 10.6 Å². The predicted molar refractivity (Wildman–Crippen MR) is 94.6 cm³/mol. The van der Waals surface area contributed by atoms with Crippen molar-refractivity contribution in [2.24, 2.45) is 5.41 Å². The van der Waals surface area contributed by atoms with E-state index in [9.17, 15) is 13.2 Å². The van der Waals surface area contributed by atoms with Crippen molar-refractivity contribution in [2.45, 2.75) is 38.5 Å². The van der Waals surface area contributed by atoms with Gasteiger partial charge in [0.05, 0.1) is 4.90 Å². The molecular formula is C17H27N3O3S. The van der Waals surface area contributed by atoms with Crippen molar-refractivity contribution in [1.82, 2.24) is 15.4 Å². The summed E-state index contributed by atoms with van der Waals surface area (Å²) >= 11 is 0. The number of hydrogen-bond donors (Lipinski definition) is 3. The van der Waals surface area contributed by atoms with Gasteiger partial charge in [0, 0.05) is 18.7 Å². The van der Waals surface area contributed by atoms with Gasteiger partial charge in [-0.15, -0.1) is 0 Å². The minimum atomic E-state index is -3.57. The molecule has 1 aliphatic rings. The molecule has 1 heterocycles. The zero-order chi connectivity index (χ0) is 17.8. The molecule has 1 saturated heterocycles. The second-order valence-electron chi connectivity index (χ2n) is 6.72. The summed E-state index contributed by atoms with van der Waals surface area (Å²) in [7, 11) is -3.57. The highest BCUT2D eigenvalue weighted by Gasteiger charge is 2.27. The van der Waals surface area contributed by atoms with Crippen LogP contribution in [0.1, 0.15) is 42.6 Å². The van der Waals surface area contributed by atoms with Crippen LogP contribution in [0.2, 0.25) is 0 Å². The van der Waals surface area contributed by atoms with Gasteiger partial charge in [0.25, 0.3) is 5.91 Å². The topological polar surface area (TPSA) is 87.3 Å². The van der Waals surface area contributed by atoms with Crippen molar-refractivity contribution in [3.05, 3.63) is 29.3 Å². The molecule has 1 aromatic rings. The monoisotopic (exact) mass is 353 g/mol. The zero-order valence-electron chi connectivity index (χ0n) is 14.6. The molecule has 2 rings (SSSR count). The Kier molecular flexibility index (Phi) is 6.01. The molecule has 1 amide bonds. The van der Waals surface area contributed by atoms with E-state index in [-0.39, 0.29) is 16.2 Å². The maximum absolute atomic E-state index is 12.5. The van der Waals surface area contributed by atoms with Crippen LogP contribution >= 0.6 is 0 Å². The van der Waals surface area contributed by atoms with Crippen molar-refractivity contribution in [3.8, 4) is 0 Å². The van der Waals surface area contributed by atoms with Gasteiger partial charge in [0.15, 0.2) is 0 Å². The lowest BCUT2D eigenvalue weighted by molar-refractivity contribution is 0.0921. The lowest BCUT2D eigenvalue weighted by Gasteiger charge is -2.34. The summed E-state index contributed by atoms with van der Waals surface area (Å²) < 4.78 is 26.7. The zero-order valence-corrected chi connectivity index (χ0v) is 15.4. The Labute approximate surface area is 144 Å². The summed E-state index contributed by atoms with van der Waals surface area (Å²) in [6, 6.07) is 4.65. The van der Waals surface area contributed by atoms with E-state index >= 15 is 0 Å². The molecule has 1 aliphatic heterocycles. The van der Waals surface area contributed by atoms with E-state index < -0.39 is 10.0 Å². The largest absolute Gasteiger partial charge is 0.351 e. The van der Waals surface area contributed by atoms with Gasteiger partial charge in [-0.05, 0) is 56.0 Å². The lowest BCUT2D eigenvalue weighted by Crippen LogP contribution is -2.43. The van der Waals surface area contributed by atoms with Crippen LogP contribution < -0.4 is 15.4 Å². The van der Waals surface area contributed by atoms with Crippen LogP contribution in [0.4, 0.5) is 0 Å². The van der Waals surface area contributed by atoms with Crippen molar-refractivity contribution in [1.29, 1.82) is 0 Å². The van der Waals surface area contributed by atoms with E-state index in [1.807, 2.05) is 6.92 Å².